The fourth-order valence-electron chi connectivity index (χ4n) is 2.90. The Balaban J connectivity index is 2.13. The lowest BCUT2D eigenvalue weighted by Crippen LogP contribution is -2.32. The lowest BCUT2D eigenvalue weighted by Gasteiger charge is -2.20. The number of benzene rings is 1. The minimum Gasteiger partial charge on any atom is -0.497 e. The van der Waals surface area contributed by atoms with Gasteiger partial charge in [-0.3, -0.25) is 0 Å². The minimum absolute atomic E-state index is 0.111. The number of nitrogens with zero attached hydrogens (tertiary/aromatic N) is 2. The maximum Gasteiger partial charge on any atom is 0.242 e. The molecule has 0 aliphatic carbocycles. The Morgan fingerprint density at radius 2 is 1.93 bits per heavy atom. The van der Waals surface area contributed by atoms with Crippen molar-refractivity contribution in [3.63, 3.8) is 0 Å². The van der Waals surface area contributed by atoms with Gasteiger partial charge in [-0.2, -0.15) is 0 Å². The van der Waals surface area contributed by atoms with Crippen LogP contribution in [0.5, 0.6) is 11.5 Å². The van der Waals surface area contributed by atoms with E-state index in [0.29, 0.717) is 12.4 Å². The molecule has 0 radical (unpaired) electrons. The summed E-state index contributed by atoms with van der Waals surface area (Å²) in [7, 11) is 1.55. The molecule has 1 heterocycles. The van der Waals surface area contributed by atoms with E-state index in [1.165, 1.54) is 6.20 Å². The molecule has 8 heteroatoms. The van der Waals surface area contributed by atoms with Crippen LogP contribution in [0.25, 0.3) is 0 Å². The molecule has 0 spiro atoms. The van der Waals surface area contributed by atoms with Crippen molar-refractivity contribution in [1.29, 1.82) is 0 Å². The Labute approximate surface area is 167 Å². The van der Waals surface area contributed by atoms with Crippen molar-refractivity contribution in [1.82, 2.24) is 9.71 Å². The first-order valence-electron chi connectivity index (χ1n) is 9.21. The molecule has 1 atom stereocenters. The molecule has 2 aromatic rings. The first kappa shape index (κ1) is 22.0. The number of hydrogen-bond acceptors (Lipinski definition) is 6. The van der Waals surface area contributed by atoms with Crippen molar-refractivity contribution in [3.8, 4) is 11.5 Å². The zero-order chi connectivity index (χ0) is 20.7. The van der Waals surface area contributed by atoms with Crippen LogP contribution < -0.4 is 19.1 Å². The van der Waals surface area contributed by atoms with Gasteiger partial charge in [0.1, 0.15) is 22.2 Å². The molecule has 1 aromatic heterocycles. The van der Waals surface area contributed by atoms with Crippen LogP contribution in [0.1, 0.15) is 32.3 Å². The van der Waals surface area contributed by atoms with Crippen LogP contribution in [-0.2, 0) is 16.6 Å². The van der Waals surface area contributed by atoms with Gasteiger partial charge in [0, 0.05) is 37.5 Å². The fraction of sp³-hybridized carbons (Fsp3) is 0.450. The van der Waals surface area contributed by atoms with Gasteiger partial charge in [-0.1, -0.05) is 13.3 Å². The van der Waals surface area contributed by atoms with Crippen LogP contribution >= 0.6 is 0 Å². The van der Waals surface area contributed by atoms with E-state index in [0.717, 1.165) is 29.9 Å². The number of nitrogens with one attached hydrogen (secondary N) is 1. The molecule has 0 saturated carbocycles. The molecular weight excluding hydrogens is 378 g/mol. The Morgan fingerprint density at radius 1 is 1.18 bits per heavy atom. The molecule has 1 aromatic carbocycles. The Hall–Kier alpha value is -2.32. The second-order valence-electron chi connectivity index (χ2n) is 6.70. The van der Waals surface area contributed by atoms with Crippen LogP contribution in [0.3, 0.4) is 0 Å². The SMILES string of the molecule is CCCC(C)NS(=O)(=O)c1ccc(N(C)Cc2ccc(OC)cc2OC)nc1. The van der Waals surface area contributed by atoms with Crippen molar-refractivity contribution >= 4 is 15.8 Å². The molecule has 1 unspecified atom stereocenters. The van der Waals surface area contributed by atoms with Crippen LogP contribution in [0.2, 0.25) is 0 Å². The predicted molar refractivity (Wildman–Crippen MR) is 111 cm³/mol. The van der Waals surface area contributed by atoms with Crippen LogP contribution in [-0.4, -0.2) is 40.7 Å². The number of pyridine rings is 1. The normalized spacial score (nSPS) is 12.5. The summed E-state index contributed by atoms with van der Waals surface area (Å²) >= 11 is 0. The number of anilines is 1. The van der Waals surface area contributed by atoms with E-state index in [-0.39, 0.29) is 10.9 Å². The van der Waals surface area contributed by atoms with Gasteiger partial charge in [0.15, 0.2) is 0 Å². The summed E-state index contributed by atoms with van der Waals surface area (Å²) < 4.78 is 38.2. The van der Waals surface area contributed by atoms with Crippen LogP contribution in [0.15, 0.2) is 41.4 Å². The Kier molecular flexibility index (Phi) is 7.65. The van der Waals surface area contributed by atoms with E-state index in [1.54, 1.807) is 26.4 Å². The molecule has 0 amide bonds. The van der Waals surface area contributed by atoms with Crippen LogP contribution in [0, 0.1) is 0 Å². The van der Waals surface area contributed by atoms with Gasteiger partial charge in [-0.05, 0) is 37.6 Å². The maximum atomic E-state index is 12.4. The van der Waals surface area contributed by atoms with Crippen molar-refractivity contribution in [2.75, 3.05) is 26.2 Å². The monoisotopic (exact) mass is 407 g/mol. The molecule has 0 aliphatic heterocycles. The van der Waals surface area contributed by atoms with Crippen LogP contribution in [0.4, 0.5) is 5.82 Å². The summed E-state index contributed by atoms with van der Waals surface area (Å²) in [6.07, 6.45) is 3.09. The fourth-order valence-corrected chi connectivity index (χ4v) is 4.12. The second-order valence-corrected chi connectivity index (χ2v) is 8.41. The highest BCUT2D eigenvalue weighted by atomic mass is 32.2. The molecule has 1 N–H and O–H groups in total. The quantitative estimate of drug-likeness (QED) is 0.651. The summed E-state index contributed by atoms with van der Waals surface area (Å²) in [6.45, 7) is 4.44. The van der Waals surface area contributed by atoms with Crippen molar-refractivity contribution in [2.45, 2.75) is 44.2 Å². The number of aromatic nitrogens is 1. The second kappa shape index (κ2) is 9.75. The summed E-state index contributed by atoms with van der Waals surface area (Å²) in [5.41, 5.74) is 0.972. The molecule has 154 valence electrons. The van der Waals surface area contributed by atoms with Gasteiger partial charge in [-0.15, -0.1) is 0 Å². The molecule has 0 aliphatic rings. The van der Waals surface area contributed by atoms with Gasteiger partial charge in [0.05, 0.1) is 14.2 Å². The minimum atomic E-state index is -3.57. The van der Waals surface area contributed by atoms with E-state index < -0.39 is 10.0 Å². The Bertz CT molecular complexity index is 870. The van der Waals surface area contributed by atoms with E-state index in [9.17, 15) is 8.42 Å². The average molecular weight is 408 g/mol. The van der Waals surface area contributed by atoms with Crippen molar-refractivity contribution in [3.05, 3.63) is 42.1 Å². The molecule has 0 fully saturated rings. The highest BCUT2D eigenvalue weighted by molar-refractivity contribution is 7.89. The van der Waals surface area contributed by atoms with E-state index in [1.807, 2.05) is 44.0 Å². The van der Waals surface area contributed by atoms with Gasteiger partial charge < -0.3 is 14.4 Å². The van der Waals surface area contributed by atoms with Gasteiger partial charge in [0.2, 0.25) is 10.0 Å². The first-order chi connectivity index (χ1) is 13.3. The molecule has 0 saturated heterocycles. The highest BCUT2D eigenvalue weighted by Crippen LogP contribution is 2.26. The van der Waals surface area contributed by atoms with Gasteiger partial charge in [-0.25, -0.2) is 18.1 Å². The zero-order valence-corrected chi connectivity index (χ0v) is 17.9. The molecule has 28 heavy (non-hydrogen) atoms. The van der Waals surface area contributed by atoms with E-state index in [4.69, 9.17) is 9.47 Å². The van der Waals surface area contributed by atoms with Crippen molar-refractivity contribution in [2.24, 2.45) is 0 Å². The standard InChI is InChI=1S/C20H29N3O4S/c1-6-7-15(2)22-28(24,25)18-10-11-20(21-13-18)23(3)14-16-8-9-17(26-4)12-19(16)27-5/h8-13,15,22H,6-7,14H2,1-5H3. The smallest absolute Gasteiger partial charge is 0.242 e. The average Bonchev–Trinajstić information content (AvgIpc) is 2.68. The third kappa shape index (κ3) is 5.59. The summed E-state index contributed by atoms with van der Waals surface area (Å²) in [5.74, 6) is 2.11. The number of rotatable bonds is 10. The highest BCUT2D eigenvalue weighted by Gasteiger charge is 2.18. The lowest BCUT2D eigenvalue weighted by molar-refractivity contribution is 0.391. The third-order valence-corrected chi connectivity index (χ3v) is 5.98. The zero-order valence-electron chi connectivity index (χ0n) is 17.1. The van der Waals surface area contributed by atoms with Gasteiger partial charge >= 0.3 is 0 Å². The molecule has 2 rings (SSSR count). The maximum absolute atomic E-state index is 12.4. The van der Waals surface area contributed by atoms with E-state index in [2.05, 4.69) is 9.71 Å². The van der Waals surface area contributed by atoms with Gasteiger partial charge in [0.25, 0.3) is 0 Å². The largest absolute Gasteiger partial charge is 0.497 e. The predicted octanol–water partition coefficient (Wildman–Crippen LogP) is 3.20. The molecule has 0 bridgehead atoms. The molecular formula is C20H29N3O4S. The Morgan fingerprint density at radius 3 is 2.50 bits per heavy atom. The summed E-state index contributed by atoms with van der Waals surface area (Å²) in [4.78, 5) is 6.41. The number of hydrogen-bond donors (Lipinski definition) is 1. The number of sulfonamides is 1. The summed E-state index contributed by atoms with van der Waals surface area (Å²) in [5, 5.41) is 0. The first-order valence-corrected chi connectivity index (χ1v) is 10.7. The number of ether oxygens (including phenoxy) is 2. The summed E-state index contributed by atoms with van der Waals surface area (Å²) in [6, 6.07) is 8.80. The third-order valence-electron chi connectivity index (χ3n) is 4.40. The number of methoxy groups -OCH3 is 2. The lowest BCUT2D eigenvalue weighted by atomic mass is 10.2. The van der Waals surface area contributed by atoms with Crippen molar-refractivity contribution < 1.29 is 17.9 Å². The van der Waals surface area contributed by atoms with E-state index >= 15 is 0 Å². The topological polar surface area (TPSA) is 80.8 Å². The molecule has 7 nitrogen and oxygen atoms in total.